The monoisotopic (exact) mass is 451 g/mol. The van der Waals surface area contributed by atoms with E-state index in [2.05, 4.69) is 23.5 Å². The fraction of sp³-hybridized carbons (Fsp3) is 0.208. The molecule has 6 nitrogen and oxygen atoms in total. The van der Waals surface area contributed by atoms with E-state index in [0.29, 0.717) is 41.1 Å². The van der Waals surface area contributed by atoms with E-state index < -0.39 is 11.7 Å². The van der Waals surface area contributed by atoms with Crippen LogP contribution in [0, 0.1) is 11.3 Å². The van der Waals surface area contributed by atoms with Crippen LogP contribution < -0.4 is 15.8 Å². The molecule has 0 bridgehead atoms. The molecule has 3 aromatic rings. The van der Waals surface area contributed by atoms with E-state index in [1.807, 2.05) is 11.0 Å². The van der Waals surface area contributed by atoms with Gasteiger partial charge >= 0.3 is 6.18 Å². The molecule has 33 heavy (non-hydrogen) atoms. The number of benzene rings is 1. The lowest BCUT2D eigenvalue weighted by Gasteiger charge is -2.38. The number of nitrogens with zero attached hydrogens (tertiary/aromatic N) is 4. The number of rotatable bonds is 3. The molecule has 1 aliphatic heterocycles. The van der Waals surface area contributed by atoms with Gasteiger partial charge in [0, 0.05) is 37.5 Å². The van der Waals surface area contributed by atoms with Gasteiger partial charge in [0.25, 0.3) is 5.56 Å². The molecule has 1 N–H and O–H groups in total. The minimum atomic E-state index is -4.39. The van der Waals surface area contributed by atoms with E-state index in [9.17, 15) is 23.2 Å². The Morgan fingerprint density at radius 2 is 1.88 bits per heavy atom. The summed E-state index contributed by atoms with van der Waals surface area (Å²) in [6.07, 6.45) is -3.97. The zero-order valence-electron chi connectivity index (χ0n) is 17.8. The molecule has 2 aromatic heterocycles. The molecule has 0 radical (unpaired) electrons. The molecular formula is C24H20F3N5O. The van der Waals surface area contributed by atoms with Crippen LogP contribution in [0.5, 0.6) is 0 Å². The molecule has 0 aliphatic carbocycles. The summed E-state index contributed by atoms with van der Waals surface area (Å²) >= 11 is 0. The smallest absolute Gasteiger partial charge is 0.378 e. The summed E-state index contributed by atoms with van der Waals surface area (Å²) in [5, 5.41) is 12.5. The van der Waals surface area contributed by atoms with Crippen molar-refractivity contribution in [2.45, 2.75) is 18.6 Å². The number of alkyl halides is 3. The largest absolute Gasteiger partial charge is 0.416 e. The average Bonchev–Trinajstić information content (AvgIpc) is 2.78. The van der Waals surface area contributed by atoms with Crippen molar-refractivity contribution in [1.29, 1.82) is 5.26 Å². The van der Waals surface area contributed by atoms with Crippen LogP contribution in [0.2, 0.25) is 0 Å². The van der Waals surface area contributed by atoms with Gasteiger partial charge < -0.3 is 14.8 Å². The normalized spacial score (nSPS) is 16.7. The molecule has 1 unspecified atom stereocenters. The predicted octanol–water partition coefficient (Wildman–Crippen LogP) is 4.58. The molecule has 1 aliphatic rings. The van der Waals surface area contributed by atoms with Gasteiger partial charge in [-0.25, -0.2) is 4.98 Å². The van der Waals surface area contributed by atoms with Crippen molar-refractivity contribution >= 4 is 22.4 Å². The van der Waals surface area contributed by atoms with Gasteiger partial charge in [-0.15, -0.1) is 0 Å². The molecule has 3 heterocycles. The van der Waals surface area contributed by atoms with Gasteiger partial charge in [0.05, 0.1) is 22.8 Å². The molecule has 168 valence electrons. The fourth-order valence-electron chi connectivity index (χ4n) is 3.86. The number of nitrogens with one attached hydrogen (secondary N) is 1. The third kappa shape index (κ3) is 4.20. The first-order chi connectivity index (χ1) is 15.6. The number of piperidine rings is 1. The maximum Gasteiger partial charge on any atom is 0.416 e. The molecule has 1 aromatic carbocycles. The molecule has 1 saturated heterocycles. The SMILES string of the molecule is C=C1CN(c2cc(=O)n(C)c3ccc(C#N)nc23)C(=C)CC1Nc1ccc(C(F)(F)F)cc1. The highest BCUT2D eigenvalue weighted by molar-refractivity contribution is 5.90. The van der Waals surface area contributed by atoms with Crippen LogP contribution in [-0.4, -0.2) is 22.1 Å². The number of hydrogen-bond donors (Lipinski definition) is 1. The molecule has 1 fully saturated rings. The van der Waals surface area contributed by atoms with Gasteiger partial charge in [-0.2, -0.15) is 18.4 Å². The van der Waals surface area contributed by atoms with Crippen LogP contribution in [0.25, 0.3) is 11.0 Å². The summed E-state index contributed by atoms with van der Waals surface area (Å²) in [6.45, 7) is 8.60. The Labute approximate surface area is 187 Å². The number of anilines is 2. The van der Waals surface area contributed by atoms with Crippen LogP contribution in [0.15, 0.2) is 71.7 Å². The van der Waals surface area contributed by atoms with Crippen molar-refractivity contribution in [2.24, 2.45) is 7.05 Å². The Morgan fingerprint density at radius 1 is 1.18 bits per heavy atom. The van der Waals surface area contributed by atoms with Crippen molar-refractivity contribution in [1.82, 2.24) is 9.55 Å². The first kappa shape index (κ1) is 22.1. The number of fused-ring (bicyclic) bond motifs is 1. The zero-order chi connectivity index (χ0) is 23.9. The summed E-state index contributed by atoms with van der Waals surface area (Å²) in [4.78, 5) is 18.8. The third-order valence-electron chi connectivity index (χ3n) is 5.70. The van der Waals surface area contributed by atoms with Crippen LogP contribution in [0.1, 0.15) is 17.7 Å². The number of aromatic nitrogens is 2. The van der Waals surface area contributed by atoms with Gasteiger partial charge in [0.2, 0.25) is 0 Å². The molecule has 0 amide bonds. The lowest BCUT2D eigenvalue weighted by Crippen LogP contribution is -2.40. The van der Waals surface area contributed by atoms with E-state index in [0.717, 1.165) is 17.7 Å². The van der Waals surface area contributed by atoms with E-state index in [1.165, 1.54) is 22.8 Å². The minimum absolute atomic E-state index is 0.227. The number of halogens is 3. The number of hydrogen-bond acceptors (Lipinski definition) is 5. The Hall–Kier alpha value is -4.06. The molecule has 0 saturated carbocycles. The quantitative estimate of drug-likeness (QED) is 0.590. The van der Waals surface area contributed by atoms with Gasteiger partial charge in [-0.1, -0.05) is 13.2 Å². The Balaban J connectivity index is 1.62. The van der Waals surface area contributed by atoms with Crippen molar-refractivity contribution < 1.29 is 13.2 Å². The lowest BCUT2D eigenvalue weighted by molar-refractivity contribution is -0.137. The summed E-state index contributed by atoms with van der Waals surface area (Å²) < 4.78 is 39.9. The number of nitriles is 1. The van der Waals surface area contributed by atoms with Gasteiger partial charge in [0.15, 0.2) is 0 Å². The van der Waals surface area contributed by atoms with E-state index >= 15 is 0 Å². The second-order valence-corrected chi connectivity index (χ2v) is 7.89. The Kier molecular flexibility index (Phi) is 5.46. The maximum atomic E-state index is 12.8. The van der Waals surface area contributed by atoms with Crippen LogP contribution in [0.3, 0.4) is 0 Å². The summed E-state index contributed by atoms with van der Waals surface area (Å²) in [7, 11) is 1.64. The van der Waals surface area contributed by atoms with Crippen LogP contribution in [0.4, 0.5) is 24.5 Å². The summed E-state index contributed by atoms with van der Waals surface area (Å²) in [5.74, 6) is 0. The van der Waals surface area contributed by atoms with E-state index in [4.69, 9.17) is 0 Å². The Bertz CT molecular complexity index is 1370. The maximum absolute atomic E-state index is 12.8. The second kappa shape index (κ2) is 8.13. The van der Waals surface area contributed by atoms with E-state index in [-0.39, 0.29) is 17.3 Å². The Morgan fingerprint density at radius 3 is 2.52 bits per heavy atom. The molecular weight excluding hydrogens is 431 g/mol. The van der Waals surface area contributed by atoms with Gasteiger partial charge in [-0.05, 0) is 42.0 Å². The van der Waals surface area contributed by atoms with Gasteiger partial charge in [-0.3, -0.25) is 4.79 Å². The zero-order valence-corrected chi connectivity index (χ0v) is 17.8. The molecule has 1 atom stereocenters. The molecule has 4 rings (SSSR count). The first-order valence-electron chi connectivity index (χ1n) is 10.1. The molecule has 9 heteroatoms. The van der Waals surface area contributed by atoms with Crippen molar-refractivity contribution in [3.05, 3.63) is 88.5 Å². The summed E-state index contributed by atoms with van der Waals surface area (Å²) in [6, 6.07) is 11.3. The topological polar surface area (TPSA) is 74.0 Å². The highest BCUT2D eigenvalue weighted by Crippen LogP contribution is 2.34. The first-order valence-corrected chi connectivity index (χ1v) is 10.1. The fourth-order valence-corrected chi connectivity index (χ4v) is 3.86. The minimum Gasteiger partial charge on any atom is -0.378 e. The lowest BCUT2D eigenvalue weighted by atomic mass is 9.96. The van der Waals surface area contributed by atoms with Crippen LogP contribution >= 0.6 is 0 Å². The highest BCUT2D eigenvalue weighted by Gasteiger charge is 2.31. The van der Waals surface area contributed by atoms with Crippen molar-refractivity contribution in [3.63, 3.8) is 0 Å². The highest BCUT2D eigenvalue weighted by atomic mass is 19.4. The average molecular weight is 451 g/mol. The van der Waals surface area contributed by atoms with Crippen LogP contribution in [-0.2, 0) is 13.2 Å². The standard InChI is InChI=1S/C24H20F3N5O/c1-14-13-32(21-11-22(33)31(3)20-9-8-18(12-28)30-23(20)21)15(2)10-19(14)29-17-6-4-16(5-7-17)24(25,26)27/h4-9,11,19,29H,1-2,10,13H2,3H3. The molecule has 0 spiro atoms. The predicted molar refractivity (Wildman–Crippen MR) is 121 cm³/mol. The number of aryl methyl sites for hydroxylation is 1. The van der Waals surface area contributed by atoms with Gasteiger partial charge in [0.1, 0.15) is 17.3 Å². The third-order valence-corrected chi connectivity index (χ3v) is 5.70. The summed E-state index contributed by atoms with van der Waals surface area (Å²) in [5.41, 5.74) is 2.89. The van der Waals surface area contributed by atoms with E-state index in [1.54, 1.807) is 19.2 Å². The number of pyridine rings is 2. The second-order valence-electron chi connectivity index (χ2n) is 7.89. The van der Waals surface area contributed by atoms with Crippen molar-refractivity contribution in [3.8, 4) is 6.07 Å². The van der Waals surface area contributed by atoms with Crippen molar-refractivity contribution in [2.75, 3.05) is 16.8 Å².